The minimum atomic E-state index is -0.919. The van der Waals surface area contributed by atoms with E-state index in [1.54, 1.807) is 0 Å². The molecule has 0 saturated carbocycles. The molecule has 2 rings (SSSR count). The van der Waals surface area contributed by atoms with Crippen LogP contribution < -0.4 is 11.3 Å². The van der Waals surface area contributed by atoms with Crippen LogP contribution in [0, 0.1) is 11.6 Å². The average molecular weight is 283 g/mol. The van der Waals surface area contributed by atoms with E-state index in [0.717, 1.165) is 18.2 Å². The van der Waals surface area contributed by atoms with E-state index in [-0.39, 0.29) is 21.4 Å². The lowest BCUT2D eigenvalue weighted by Gasteiger charge is -2.05. The number of carbonyl (C=O) groups is 1. The Hall–Kier alpha value is -2.22. The predicted octanol–water partition coefficient (Wildman–Crippen LogP) is 1.59. The Kier molecular flexibility index (Phi) is 3.61. The van der Waals surface area contributed by atoms with Crippen LogP contribution in [0.2, 0.25) is 0 Å². The molecule has 0 spiro atoms. The van der Waals surface area contributed by atoms with Crippen LogP contribution in [0.25, 0.3) is 0 Å². The third kappa shape index (κ3) is 2.97. The molecule has 0 fully saturated rings. The van der Waals surface area contributed by atoms with Crippen LogP contribution in [0.4, 0.5) is 14.6 Å². The Morgan fingerprint density at radius 2 is 1.89 bits per heavy atom. The molecule has 0 aliphatic heterocycles. The van der Waals surface area contributed by atoms with Gasteiger partial charge in [-0.2, -0.15) is 0 Å². The zero-order valence-corrected chi connectivity index (χ0v) is 10.1. The third-order valence-electron chi connectivity index (χ3n) is 2.10. The summed E-state index contributed by atoms with van der Waals surface area (Å²) in [4.78, 5) is 27.3. The number of anilines is 1. The summed E-state index contributed by atoms with van der Waals surface area (Å²) in [6, 6.07) is 2.83. The number of benzene rings is 1. The maximum atomic E-state index is 13.6. The topological polar surface area (TPSA) is 88.8 Å². The summed E-state index contributed by atoms with van der Waals surface area (Å²) in [6.45, 7) is 0. The van der Waals surface area contributed by atoms with Crippen LogP contribution in [-0.2, 0) is 0 Å². The number of rotatable bonds is 3. The minimum absolute atomic E-state index is 0.0401. The minimum Gasteiger partial charge on any atom is -0.383 e. The van der Waals surface area contributed by atoms with E-state index >= 15 is 0 Å². The first kappa shape index (κ1) is 13.2. The summed E-state index contributed by atoms with van der Waals surface area (Å²) in [7, 11) is 0. The molecule has 19 heavy (non-hydrogen) atoms. The molecule has 1 heterocycles. The fraction of sp³-hybridized carbons (Fsp3) is 0. The molecule has 1 aromatic carbocycles. The smallest absolute Gasteiger partial charge is 0.253 e. The third-order valence-corrected chi connectivity index (χ3v) is 3.08. The zero-order chi connectivity index (χ0) is 14.0. The summed E-state index contributed by atoms with van der Waals surface area (Å²) in [5, 5.41) is -0.0401. The Labute approximate surface area is 109 Å². The largest absolute Gasteiger partial charge is 0.383 e. The average Bonchev–Trinajstić information content (AvgIpc) is 2.32. The maximum absolute atomic E-state index is 13.6. The van der Waals surface area contributed by atoms with Crippen molar-refractivity contribution in [2.24, 2.45) is 0 Å². The van der Waals surface area contributed by atoms with Crippen molar-refractivity contribution in [2.45, 2.75) is 10.1 Å². The van der Waals surface area contributed by atoms with E-state index < -0.39 is 17.2 Å². The molecular formula is C11H7F2N3O2S. The van der Waals surface area contributed by atoms with Crippen LogP contribution in [0.1, 0.15) is 10.4 Å². The van der Waals surface area contributed by atoms with Crippen molar-refractivity contribution >= 4 is 23.9 Å². The number of carbonyl (C=O) groups excluding carboxylic acids is 1. The molecule has 0 amide bonds. The van der Waals surface area contributed by atoms with Gasteiger partial charge in [0.25, 0.3) is 5.56 Å². The number of hydrogen-bond donors (Lipinski definition) is 2. The normalized spacial score (nSPS) is 10.4. The van der Waals surface area contributed by atoms with Crippen LogP contribution in [0.15, 0.2) is 33.0 Å². The number of nitrogen functional groups attached to an aromatic ring is 1. The fourth-order valence-electron chi connectivity index (χ4n) is 1.34. The van der Waals surface area contributed by atoms with Crippen molar-refractivity contribution in [3.8, 4) is 0 Å². The van der Waals surface area contributed by atoms with Crippen LogP contribution in [0.5, 0.6) is 0 Å². The molecule has 5 nitrogen and oxygen atoms in total. The molecule has 8 heteroatoms. The van der Waals surface area contributed by atoms with Crippen molar-refractivity contribution in [3.05, 3.63) is 45.8 Å². The summed E-state index contributed by atoms with van der Waals surface area (Å²) in [5.41, 5.74) is 4.71. The lowest BCUT2D eigenvalue weighted by molar-refractivity contribution is 0.112. The van der Waals surface area contributed by atoms with E-state index in [4.69, 9.17) is 5.73 Å². The van der Waals surface area contributed by atoms with Gasteiger partial charge in [0.05, 0.1) is 4.90 Å². The van der Waals surface area contributed by atoms with Crippen LogP contribution in [0.3, 0.4) is 0 Å². The molecule has 0 saturated heterocycles. The maximum Gasteiger partial charge on any atom is 0.253 e. The molecule has 98 valence electrons. The Bertz CT molecular complexity index is 680. The van der Waals surface area contributed by atoms with Gasteiger partial charge in [-0.3, -0.25) is 9.59 Å². The highest BCUT2D eigenvalue weighted by molar-refractivity contribution is 7.99. The van der Waals surface area contributed by atoms with Crippen molar-refractivity contribution < 1.29 is 13.6 Å². The Balaban J connectivity index is 2.43. The van der Waals surface area contributed by atoms with Gasteiger partial charge in [0.2, 0.25) is 0 Å². The summed E-state index contributed by atoms with van der Waals surface area (Å²) >= 11 is 0.576. The summed E-state index contributed by atoms with van der Waals surface area (Å²) < 4.78 is 27.2. The van der Waals surface area contributed by atoms with Gasteiger partial charge in [0.15, 0.2) is 5.16 Å². The molecular weight excluding hydrogens is 276 g/mol. The Morgan fingerprint density at radius 3 is 2.42 bits per heavy atom. The second-order valence-corrected chi connectivity index (χ2v) is 4.51. The number of nitrogens with two attached hydrogens (primary N) is 1. The van der Waals surface area contributed by atoms with Crippen LogP contribution >= 0.6 is 11.8 Å². The lowest BCUT2D eigenvalue weighted by atomic mass is 10.2. The molecule has 0 bridgehead atoms. The number of hydrogen-bond acceptors (Lipinski definition) is 5. The first-order valence-corrected chi connectivity index (χ1v) is 5.80. The molecule has 3 N–H and O–H groups in total. The highest BCUT2D eigenvalue weighted by atomic mass is 32.2. The highest BCUT2D eigenvalue weighted by Gasteiger charge is 2.14. The first-order valence-electron chi connectivity index (χ1n) is 4.98. The number of aromatic nitrogens is 2. The molecule has 0 unspecified atom stereocenters. The number of aromatic amines is 1. The van der Waals surface area contributed by atoms with E-state index in [1.165, 1.54) is 0 Å². The van der Waals surface area contributed by atoms with Crippen molar-refractivity contribution in [3.63, 3.8) is 0 Å². The fourth-order valence-corrected chi connectivity index (χ4v) is 2.15. The van der Waals surface area contributed by atoms with E-state index in [1.807, 2.05) is 0 Å². The van der Waals surface area contributed by atoms with Crippen LogP contribution in [-0.4, -0.2) is 16.3 Å². The molecule has 0 aliphatic carbocycles. The van der Waals surface area contributed by atoms with E-state index in [0.29, 0.717) is 18.0 Å². The van der Waals surface area contributed by atoms with Gasteiger partial charge in [0.1, 0.15) is 23.7 Å². The van der Waals surface area contributed by atoms with Crippen molar-refractivity contribution in [1.29, 1.82) is 0 Å². The van der Waals surface area contributed by atoms with Gasteiger partial charge in [-0.05, 0) is 23.9 Å². The number of aldehydes is 1. The number of nitrogens with zero attached hydrogens (tertiary/aromatic N) is 1. The van der Waals surface area contributed by atoms with E-state index in [9.17, 15) is 18.4 Å². The molecule has 1 aromatic heterocycles. The summed E-state index contributed by atoms with van der Waals surface area (Å²) in [5.74, 6) is -1.90. The van der Waals surface area contributed by atoms with Gasteiger partial charge in [0, 0.05) is 11.6 Å². The first-order chi connectivity index (χ1) is 8.99. The van der Waals surface area contributed by atoms with Gasteiger partial charge < -0.3 is 10.7 Å². The van der Waals surface area contributed by atoms with E-state index in [2.05, 4.69) is 9.97 Å². The molecule has 0 aliphatic rings. The standard InChI is InChI=1S/C11H7F2N3O2S/c12-6-1-5(4-17)2-7(13)10(6)19-11-15-8(14)3-9(18)16-11/h1-4H,(H3,14,15,16,18). The summed E-state index contributed by atoms with van der Waals surface area (Å²) in [6.07, 6.45) is 0.335. The Morgan fingerprint density at radius 1 is 1.26 bits per heavy atom. The zero-order valence-electron chi connectivity index (χ0n) is 9.31. The SMILES string of the molecule is Nc1cc(=O)[nH]c(Sc2c(F)cc(C=O)cc2F)n1. The lowest BCUT2D eigenvalue weighted by Crippen LogP contribution is -2.09. The highest BCUT2D eigenvalue weighted by Crippen LogP contribution is 2.30. The van der Waals surface area contributed by atoms with Gasteiger partial charge in [-0.15, -0.1) is 0 Å². The van der Waals surface area contributed by atoms with Gasteiger partial charge in [-0.1, -0.05) is 0 Å². The van der Waals surface area contributed by atoms with Gasteiger partial charge >= 0.3 is 0 Å². The predicted molar refractivity (Wildman–Crippen MR) is 65.1 cm³/mol. The molecule has 0 radical (unpaired) electrons. The molecule has 2 aromatic rings. The molecule has 0 atom stereocenters. The second kappa shape index (κ2) is 5.19. The van der Waals surface area contributed by atoms with Crippen molar-refractivity contribution in [2.75, 3.05) is 5.73 Å². The number of nitrogens with one attached hydrogen (secondary N) is 1. The number of H-pyrrole nitrogens is 1. The monoisotopic (exact) mass is 283 g/mol. The second-order valence-electron chi connectivity index (χ2n) is 3.51. The number of halogens is 2. The quantitative estimate of drug-likeness (QED) is 0.659. The van der Waals surface area contributed by atoms with Gasteiger partial charge in [-0.25, -0.2) is 13.8 Å². The van der Waals surface area contributed by atoms with Crippen molar-refractivity contribution in [1.82, 2.24) is 9.97 Å².